The summed E-state index contributed by atoms with van der Waals surface area (Å²) in [5.41, 5.74) is 4.52. The maximum Gasteiger partial charge on any atom is 0.333 e. The second-order valence-corrected chi connectivity index (χ2v) is 8.63. The quantitative estimate of drug-likeness (QED) is 0.177. The van der Waals surface area contributed by atoms with E-state index in [2.05, 4.69) is 30.5 Å². The molecule has 0 aliphatic rings. The van der Waals surface area contributed by atoms with Gasteiger partial charge in [0.2, 0.25) is 0 Å². The molecule has 0 saturated carbocycles. The van der Waals surface area contributed by atoms with Gasteiger partial charge in [-0.05, 0) is 69.0 Å². The van der Waals surface area contributed by atoms with E-state index in [0.29, 0.717) is 12.2 Å². The first-order chi connectivity index (χ1) is 15.5. The first kappa shape index (κ1) is 23.7. The molecule has 0 spiro atoms. The standard InChI is InChI=1S/C26H29FN2O2S/c1-19(2)25(30)31-17-9-5-4-8-16-29(24-11-7-6-10-20(24)3)26-28-23(18-32-26)21-12-14-22(27)15-13-21/h6-7,10-15,18H,1,4-5,8-9,16-17H2,2-3H3. The molecule has 3 aromatic rings. The van der Waals surface area contributed by atoms with Crippen molar-refractivity contribution < 1.29 is 13.9 Å². The molecular weight excluding hydrogens is 423 g/mol. The van der Waals surface area contributed by atoms with E-state index < -0.39 is 0 Å². The summed E-state index contributed by atoms with van der Waals surface area (Å²) in [5.74, 6) is -0.573. The molecule has 0 unspecified atom stereocenters. The molecule has 4 nitrogen and oxygen atoms in total. The van der Waals surface area contributed by atoms with E-state index >= 15 is 0 Å². The van der Waals surface area contributed by atoms with Crippen LogP contribution in [0.1, 0.15) is 38.2 Å². The number of anilines is 2. The van der Waals surface area contributed by atoms with E-state index in [0.717, 1.165) is 54.3 Å². The van der Waals surface area contributed by atoms with Crippen molar-refractivity contribution in [1.29, 1.82) is 0 Å². The van der Waals surface area contributed by atoms with Gasteiger partial charge >= 0.3 is 5.97 Å². The largest absolute Gasteiger partial charge is 0.462 e. The third-order valence-electron chi connectivity index (χ3n) is 5.13. The van der Waals surface area contributed by atoms with Gasteiger partial charge in [-0.1, -0.05) is 31.2 Å². The van der Waals surface area contributed by atoms with Gasteiger partial charge in [-0.2, -0.15) is 0 Å². The van der Waals surface area contributed by atoms with Crippen molar-refractivity contribution in [3.8, 4) is 11.3 Å². The zero-order chi connectivity index (χ0) is 22.9. The van der Waals surface area contributed by atoms with Gasteiger partial charge < -0.3 is 9.64 Å². The van der Waals surface area contributed by atoms with Crippen molar-refractivity contribution in [2.75, 3.05) is 18.1 Å². The molecule has 0 fully saturated rings. The van der Waals surface area contributed by atoms with Crippen LogP contribution in [0.3, 0.4) is 0 Å². The lowest BCUT2D eigenvalue weighted by molar-refractivity contribution is -0.139. The highest BCUT2D eigenvalue weighted by Crippen LogP contribution is 2.34. The fourth-order valence-corrected chi connectivity index (χ4v) is 4.21. The lowest BCUT2D eigenvalue weighted by atomic mass is 10.1. The van der Waals surface area contributed by atoms with E-state index in [-0.39, 0.29) is 11.8 Å². The molecule has 1 heterocycles. The number of thiazole rings is 1. The molecule has 6 heteroatoms. The lowest BCUT2D eigenvalue weighted by Crippen LogP contribution is -2.19. The average Bonchev–Trinajstić information content (AvgIpc) is 3.26. The summed E-state index contributed by atoms with van der Waals surface area (Å²) in [6, 6.07) is 14.7. The van der Waals surface area contributed by atoms with Gasteiger partial charge in [0.15, 0.2) is 5.13 Å². The number of para-hydroxylation sites is 1. The number of benzene rings is 2. The molecule has 168 valence electrons. The molecule has 0 radical (unpaired) electrons. The number of rotatable bonds is 11. The van der Waals surface area contributed by atoms with Crippen LogP contribution < -0.4 is 4.90 Å². The summed E-state index contributed by atoms with van der Waals surface area (Å²) in [7, 11) is 0. The van der Waals surface area contributed by atoms with Crippen LogP contribution in [-0.4, -0.2) is 24.1 Å². The van der Waals surface area contributed by atoms with Crippen molar-refractivity contribution in [3.63, 3.8) is 0 Å². The normalized spacial score (nSPS) is 10.7. The predicted octanol–water partition coefficient (Wildman–Crippen LogP) is 7.08. The van der Waals surface area contributed by atoms with Gasteiger partial charge in [0.1, 0.15) is 5.82 Å². The summed E-state index contributed by atoms with van der Waals surface area (Å²) >= 11 is 1.59. The predicted molar refractivity (Wildman–Crippen MR) is 130 cm³/mol. The molecule has 2 aromatic carbocycles. The summed E-state index contributed by atoms with van der Waals surface area (Å²) in [6.07, 6.45) is 3.86. The van der Waals surface area contributed by atoms with Gasteiger partial charge in [0.25, 0.3) is 0 Å². The number of aromatic nitrogens is 1. The van der Waals surface area contributed by atoms with E-state index in [1.807, 2.05) is 17.5 Å². The van der Waals surface area contributed by atoms with Crippen LogP contribution in [0.25, 0.3) is 11.3 Å². The van der Waals surface area contributed by atoms with Crippen LogP contribution in [0.4, 0.5) is 15.2 Å². The van der Waals surface area contributed by atoms with E-state index in [4.69, 9.17) is 9.72 Å². The molecule has 0 aliphatic heterocycles. The van der Waals surface area contributed by atoms with E-state index in [1.54, 1.807) is 30.4 Å². The number of aryl methyl sites for hydroxylation is 1. The summed E-state index contributed by atoms with van der Waals surface area (Å²) in [5, 5.41) is 2.94. The minimum Gasteiger partial charge on any atom is -0.462 e. The second kappa shape index (κ2) is 11.6. The van der Waals surface area contributed by atoms with Crippen molar-refractivity contribution in [3.05, 3.63) is 77.4 Å². The number of nitrogens with zero attached hydrogens (tertiary/aromatic N) is 2. The molecule has 0 aliphatic carbocycles. The van der Waals surface area contributed by atoms with E-state index in [1.165, 1.54) is 17.7 Å². The molecule has 0 saturated heterocycles. The fraction of sp³-hybridized carbons (Fsp3) is 0.308. The van der Waals surface area contributed by atoms with Crippen molar-refractivity contribution in [1.82, 2.24) is 4.98 Å². The maximum atomic E-state index is 13.3. The van der Waals surface area contributed by atoms with Crippen molar-refractivity contribution in [2.24, 2.45) is 0 Å². The van der Waals surface area contributed by atoms with Gasteiger partial charge in [0.05, 0.1) is 12.3 Å². The number of carbonyl (C=O) groups is 1. The van der Waals surface area contributed by atoms with Gasteiger partial charge in [-0.15, -0.1) is 11.3 Å². The highest BCUT2D eigenvalue weighted by Gasteiger charge is 2.16. The van der Waals surface area contributed by atoms with Gasteiger partial charge in [0, 0.05) is 28.7 Å². The summed E-state index contributed by atoms with van der Waals surface area (Å²) < 4.78 is 18.4. The number of unbranched alkanes of at least 4 members (excludes halogenated alkanes) is 3. The Balaban J connectivity index is 1.63. The fourth-order valence-electron chi connectivity index (χ4n) is 3.34. The zero-order valence-electron chi connectivity index (χ0n) is 18.6. The topological polar surface area (TPSA) is 42.4 Å². The Morgan fingerprint density at radius 2 is 1.81 bits per heavy atom. The molecule has 0 N–H and O–H groups in total. The first-order valence-corrected chi connectivity index (χ1v) is 11.7. The smallest absolute Gasteiger partial charge is 0.333 e. The number of halogens is 1. The third-order valence-corrected chi connectivity index (χ3v) is 5.99. The molecule has 32 heavy (non-hydrogen) atoms. The Labute approximate surface area is 193 Å². The maximum absolute atomic E-state index is 13.3. The Morgan fingerprint density at radius 3 is 2.53 bits per heavy atom. The Hall–Kier alpha value is -2.99. The number of hydrogen-bond donors (Lipinski definition) is 0. The van der Waals surface area contributed by atoms with E-state index in [9.17, 15) is 9.18 Å². The zero-order valence-corrected chi connectivity index (χ0v) is 19.5. The van der Waals surface area contributed by atoms with Crippen LogP contribution in [0, 0.1) is 12.7 Å². The molecule has 1 aromatic heterocycles. The van der Waals surface area contributed by atoms with Crippen molar-refractivity contribution >= 4 is 28.1 Å². The van der Waals surface area contributed by atoms with Crippen molar-refractivity contribution in [2.45, 2.75) is 39.5 Å². The van der Waals surface area contributed by atoms with Gasteiger partial charge in [-0.3, -0.25) is 0 Å². The SMILES string of the molecule is C=C(C)C(=O)OCCCCCCN(c1nc(-c2ccc(F)cc2)cs1)c1ccccc1C. The number of hydrogen-bond acceptors (Lipinski definition) is 5. The molecule has 0 bridgehead atoms. The third kappa shape index (κ3) is 6.50. The second-order valence-electron chi connectivity index (χ2n) is 7.79. The number of carbonyl (C=O) groups excluding carboxylic acids is 1. The summed E-state index contributed by atoms with van der Waals surface area (Å²) in [4.78, 5) is 18.5. The van der Waals surface area contributed by atoms with Crippen LogP contribution in [-0.2, 0) is 9.53 Å². The Bertz CT molecular complexity index is 1050. The molecular formula is C26H29FN2O2S. The minimum atomic E-state index is -0.323. The van der Waals surface area contributed by atoms with Crippen LogP contribution in [0.5, 0.6) is 0 Å². The molecule has 3 rings (SSSR count). The monoisotopic (exact) mass is 452 g/mol. The molecule has 0 atom stereocenters. The first-order valence-electron chi connectivity index (χ1n) is 10.8. The highest BCUT2D eigenvalue weighted by atomic mass is 32.1. The summed E-state index contributed by atoms with van der Waals surface area (Å²) in [6.45, 7) is 8.62. The lowest BCUT2D eigenvalue weighted by Gasteiger charge is -2.24. The Morgan fingerprint density at radius 1 is 1.09 bits per heavy atom. The average molecular weight is 453 g/mol. The van der Waals surface area contributed by atoms with Gasteiger partial charge in [-0.25, -0.2) is 14.2 Å². The van der Waals surface area contributed by atoms with Crippen LogP contribution in [0.2, 0.25) is 0 Å². The Kier molecular flexibility index (Phi) is 8.56. The highest BCUT2D eigenvalue weighted by molar-refractivity contribution is 7.14. The minimum absolute atomic E-state index is 0.250. The van der Waals surface area contributed by atoms with Crippen LogP contribution in [0.15, 0.2) is 66.1 Å². The number of ether oxygens (including phenoxy) is 1. The molecule has 0 amide bonds. The number of esters is 1. The van der Waals surface area contributed by atoms with Crippen LogP contribution >= 0.6 is 11.3 Å².